The third-order valence-electron chi connectivity index (χ3n) is 4.74. The van der Waals surface area contributed by atoms with Crippen LogP contribution in [0.2, 0.25) is 0 Å². The second kappa shape index (κ2) is 8.18. The lowest BCUT2D eigenvalue weighted by Gasteiger charge is -2.32. The van der Waals surface area contributed by atoms with E-state index in [1.165, 1.54) is 16.3 Å². The minimum Gasteiger partial charge on any atom is -0.480 e. The summed E-state index contributed by atoms with van der Waals surface area (Å²) >= 11 is 0. The van der Waals surface area contributed by atoms with Crippen LogP contribution in [0.3, 0.4) is 0 Å². The number of carbonyl (C=O) groups excluding carboxylic acids is 1. The number of amides is 1. The number of aliphatic carboxylic acids is 1. The van der Waals surface area contributed by atoms with Crippen LogP contribution in [0.25, 0.3) is 0 Å². The van der Waals surface area contributed by atoms with Gasteiger partial charge >= 0.3 is 5.97 Å². The van der Waals surface area contributed by atoms with E-state index in [-0.39, 0.29) is 36.4 Å². The monoisotopic (exact) mass is 382 g/mol. The van der Waals surface area contributed by atoms with E-state index in [1.54, 1.807) is 12.1 Å². The molecule has 7 nitrogen and oxygen atoms in total. The van der Waals surface area contributed by atoms with Gasteiger partial charge in [0.05, 0.1) is 4.90 Å². The largest absolute Gasteiger partial charge is 0.480 e. The number of nitrogens with zero attached hydrogens (tertiary/aromatic N) is 2. The summed E-state index contributed by atoms with van der Waals surface area (Å²) in [5, 5.41) is 8.78. The van der Waals surface area contributed by atoms with Gasteiger partial charge in [0.25, 0.3) is 0 Å². The summed E-state index contributed by atoms with van der Waals surface area (Å²) in [5.41, 5.74) is 1.08. The Morgan fingerprint density at radius 1 is 1.19 bits per heavy atom. The summed E-state index contributed by atoms with van der Waals surface area (Å²) in [5.74, 6) is -1.32. The van der Waals surface area contributed by atoms with Gasteiger partial charge < -0.3 is 10.0 Å². The SMILES string of the molecule is CC(C)c1ccc(S(=O)(=O)N2CCC(C(=O)N(C)CC(=O)O)CC2)cc1. The molecule has 1 aliphatic heterocycles. The van der Waals surface area contributed by atoms with Crippen molar-refractivity contribution >= 4 is 21.9 Å². The maximum atomic E-state index is 12.8. The van der Waals surface area contributed by atoms with Gasteiger partial charge in [-0.05, 0) is 36.5 Å². The molecule has 0 atom stereocenters. The van der Waals surface area contributed by atoms with Crippen molar-refractivity contribution in [1.29, 1.82) is 0 Å². The number of carbonyl (C=O) groups is 2. The molecule has 0 saturated carbocycles. The maximum absolute atomic E-state index is 12.8. The summed E-state index contributed by atoms with van der Waals surface area (Å²) in [4.78, 5) is 24.4. The van der Waals surface area contributed by atoms with Crippen LogP contribution in [0.15, 0.2) is 29.2 Å². The number of benzene rings is 1. The third-order valence-corrected chi connectivity index (χ3v) is 6.65. The highest BCUT2D eigenvalue weighted by atomic mass is 32.2. The lowest BCUT2D eigenvalue weighted by Crippen LogP contribution is -2.44. The molecule has 1 aromatic rings. The Hall–Kier alpha value is -1.93. The fourth-order valence-electron chi connectivity index (χ4n) is 3.11. The predicted molar refractivity (Wildman–Crippen MR) is 97.3 cm³/mol. The van der Waals surface area contributed by atoms with E-state index in [9.17, 15) is 18.0 Å². The standard InChI is InChI=1S/C18H26N2O5S/c1-13(2)14-4-6-16(7-5-14)26(24,25)20-10-8-15(9-11-20)18(23)19(3)12-17(21)22/h4-7,13,15H,8-12H2,1-3H3,(H,21,22). The van der Waals surface area contributed by atoms with E-state index in [4.69, 9.17) is 5.11 Å². The molecule has 8 heteroatoms. The van der Waals surface area contributed by atoms with Gasteiger partial charge in [-0.3, -0.25) is 9.59 Å². The molecule has 1 amide bonds. The molecule has 1 saturated heterocycles. The number of hydrogen-bond donors (Lipinski definition) is 1. The van der Waals surface area contributed by atoms with E-state index >= 15 is 0 Å². The van der Waals surface area contributed by atoms with E-state index in [0.29, 0.717) is 18.8 Å². The Morgan fingerprint density at radius 3 is 2.19 bits per heavy atom. The van der Waals surface area contributed by atoms with Crippen LogP contribution in [-0.2, 0) is 19.6 Å². The first-order chi connectivity index (χ1) is 12.1. The van der Waals surface area contributed by atoms with Crippen LogP contribution in [-0.4, -0.2) is 61.3 Å². The normalized spacial score (nSPS) is 16.6. The van der Waals surface area contributed by atoms with Crippen molar-refractivity contribution in [1.82, 2.24) is 9.21 Å². The molecule has 2 rings (SSSR count). The molecule has 0 radical (unpaired) electrons. The first-order valence-electron chi connectivity index (χ1n) is 8.69. The van der Waals surface area contributed by atoms with Crippen LogP contribution in [0.4, 0.5) is 0 Å². The third kappa shape index (κ3) is 4.62. The van der Waals surface area contributed by atoms with Crippen molar-refractivity contribution in [3.05, 3.63) is 29.8 Å². The van der Waals surface area contributed by atoms with Crippen LogP contribution in [0, 0.1) is 5.92 Å². The number of piperidine rings is 1. The summed E-state index contributed by atoms with van der Waals surface area (Å²) < 4.78 is 27.0. The molecule has 1 N–H and O–H groups in total. The number of carboxylic acids is 1. The molecule has 0 spiro atoms. The molecule has 1 aromatic carbocycles. The van der Waals surface area contributed by atoms with E-state index in [1.807, 2.05) is 26.0 Å². The Balaban J connectivity index is 2.02. The summed E-state index contributed by atoms with van der Waals surface area (Å²) in [7, 11) is -2.12. The molecule has 0 aromatic heterocycles. The first-order valence-corrected chi connectivity index (χ1v) is 10.1. The molecule has 0 bridgehead atoms. The van der Waals surface area contributed by atoms with Gasteiger partial charge in [-0.15, -0.1) is 0 Å². The van der Waals surface area contributed by atoms with Gasteiger partial charge in [-0.1, -0.05) is 26.0 Å². The van der Waals surface area contributed by atoms with Crippen LogP contribution >= 0.6 is 0 Å². The Kier molecular flexibility index (Phi) is 6.41. The number of sulfonamides is 1. The molecule has 26 heavy (non-hydrogen) atoms. The maximum Gasteiger partial charge on any atom is 0.323 e. The highest BCUT2D eigenvalue weighted by Crippen LogP contribution is 2.26. The van der Waals surface area contributed by atoms with Gasteiger partial charge in [0.15, 0.2) is 0 Å². The van der Waals surface area contributed by atoms with Crippen LogP contribution < -0.4 is 0 Å². The molecule has 1 aliphatic rings. The van der Waals surface area contributed by atoms with Crippen LogP contribution in [0.1, 0.15) is 38.2 Å². The van der Waals surface area contributed by atoms with E-state index in [0.717, 1.165) is 5.56 Å². The van der Waals surface area contributed by atoms with Crippen molar-refractivity contribution in [3.8, 4) is 0 Å². The number of carboxylic acid groups (broad SMARTS) is 1. The second-order valence-electron chi connectivity index (χ2n) is 6.99. The zero-order valence-corrected chi connectivity index (χ0v) is 16.2. The lowest BCUT2D eigenvalue weighted by molar-refractivity contribution is -0.145. The molecule has 1 heterocycles. The molecule has 144 valence electrons. The average Bonchev–Trinajstić information content (AvgIpc) is 2.60. The highest BCUT2D eigenvalue weighted by Gasteiger charge is 2.33. The topological polar surface area (TPSA) is 95.0 Å². The van der Waals surface area contributed by atoms with Gasteiger partial charge in [-0.2, -0.15) is 4.31 Å². The van der Waals surface area contributed by atoms with Crippen LogP contribution in [0.5, 0.6) is 0 Å². The Labute approximate surface area is 154 Å². The summed E-state index contributed by atoms with van der Waals surface area (Å²) in [6, 6.07) is 6.91. The summed E-state index contributed by atoms with van der Waals surface area (Å²) in [6.45, 7) is 4.26. The molecule has 1 fully saturated rings. The van der Waals surface area contributed by atoms with Crippen molar-refractivity contribution in [2.45, 2.75) is 37.5 Å². The number of rotatable bonds is 6. The summed E-state index contributed by atoms with van der Waals surface area (Å²) in [6.07, 6.45) is 0.790. The minimum absolute atomic E-state index is 0.245. The highest BCUT2D eigenvalue weighted by molar-refractivity contribution is 7.89. The van der Waals surface area contributed by atoms with Crippen molar-refractivity contribution in [2.75, 3.05) is 26.7 Å². The molecule has 0 unspecified atom stereocenters. The van der Waals surface area contributed by atoms with Crippen molar-refractivity contribution in [3.63, 3.8) is 0 Å². The number of hydrogen-bond acceptors (Lipinski definition) is 4. The quantitative estimate of drug-likeness (QED) is 0.809. The molecular weight excluding hydrogens is 356 g/mol. The van der Waals surface area contributed by atoms with Gasteiger partial charge in [0, 0.05) is 26.1 Å². The van der Waals surface area contributed by atoms with Crippen molar-refractivity contribution < 1.29 is 23.1 Å². The Bertz CT molecular complexity index is 750. The predicted octanol–water partition coefficient (Wildman–Crippen LogP) is 1.75. The smallest absolute Gasteiger partial charge is 0.323 e. The zero-order chi connectivity index (χ0) is 19.5. The van der Waals surface area contributed by atoms with Gasteiger partial charge in [0.2, 0.25) is 15.9 Å². The Morgan fingerprint density at radius 2 is 1.73 bits per heavy atom. The van der Waals surface area contributed by atoms with Gasteiger partial charge in [-0.25, -0.2) is 8.42 Å². The first kappa shape index (κ1) is 20.4. The van der Waals surface area contributed by atoms with Crippen molar-refractivity contribution in [2.24, 2.45) is 5.92 Å². The second-order valence-corrected chi connectivity index (χ2v) is 8.93. The zero-order valence-electron chi connectivity index (χ0n) is 15.4. The fraction of sp³-hybridized carbons (Fsp3) is 0.556. The minimum atomic E-state index is -3.58. The van der Waals surface area contributed by atoms with E-state index < -0.39 is 16.0 Å². The van der Waals surface area contributed by atoms with E-state index in [2.05, 4.69) is 0 Å². The lowest BCUT2D eigenvalue weighted by atomic mass is 9.97. The average molecular weight is 382 g/mol. The number of likely N-dealkylation sites (N-methyl/N-ethyl adjacent to an activating group) is 1. The van der Waals surface area contributed by atoms with Gasteiger partial charge in [0.1, 0.15) is 6.54 Å². The molecular formula is C18H26N2O5S. The molecule has 0 aliphatic carbocycles. The fourth-order valence-corrected chi connectivity index (χ4v) is 4.58.